The Bertz CT molecular complexity index is 919. The molecule has 1 atom stereocenters. The van der Waals surface area contributed by atoms with Crippen LogP contribution in [0.5, 0.6) is 0 Å². The molecule has 1 N–H and O–H groups in total. The van der Waals surface area contributed by atoms with Gasteiger partial charge in [-0.25, -0.2) is 8.78 Å². The van der Waals surface area contributed by atoms with E-state index in [1.54, 1.807) is 6.07 Å². The lowest BCUT2D eigenvalue weighted by Crippen LogP contribution is -2.39. The van der Waals surface area contributed by atoms with Gasteiger partial charge in [0.25, 0.3) is 0 Å². The van der Waals surface area contributed by atoms with Crippen molar-refractivity contribution in [2.24, 2.45) is 5.92 Å². The highest BCUT2D eigenvalue weighted by molar-refractivity contribution is 6.01. The fourth-order valence-electron chi connectivity index (χ4n) is 3.15. The topological polar surface area (TPSA) is 69.7 Å². The summed E-state index contributed by atoms with van der Waals surface area (Å²) in [7, 11) is 1.45. The van der Waals surface area contributed by atoms with Crippen molar-refractivity contribution < 1.29 is 23.2 Å². The molecule has 1 heterocycles. The highest BCUT2D eigenvalue weighted by Crippen LogP contribution is 2.28. The Hall–Kier alpha value is -3.29. The standard InChI is InChI=1S/C20H19F2N3O3/c1-24(12-18(26)23-15-6-4-5-14(21)10-15)20(28)13-9-19(27)25(11-13)17-8-3-2-7-16(17)22/h2-8,10,13H,9,11-12H2,1H3,(H,23,26)/t13-/m0/s1. The molecule has 2 aromatic rings. The van der Waals surface area contributed by atoms with Crippen LogP contribution in [0, 0.1) is 17.6 Å². The minimum atomic E-state index is -0.668. The molecule has 1 aliphatic heterocycles. The number of likely N-dealkylation sites (N-methyl/N-ethyl adjacent to an activating group) is 1. The molecule has 6 nitrogen and oxygen atoms in total. The number of carbonyl (C=O) groups is 3. The molecule has 0 bridgehead atoms. The lowest BCUT2D eigenvalue weighted by Gasteiger charge is -2.21. The van der Waals surface area contributed by atoms with Crippen LogP contribution >= 0.6 is 0 Å². The molecule has 0 saturated carbocycles. The van der Waals surface area contributed by atoms with E-state index in [1.165, 1.54) is 59.3 Å². The average molecular weight is 387 g/mol. The summed E-state index contributed by atoms with van der Waals surface area (Å²) in [4.78, 5) is 39.4. The molecule has 0 spiro atoms. The zero-order chi connectivity index (χ0) is 20.3. The fraction of sp³-hybridized carbons (Fsp3) is 0.250. The molecule has 0 unspecified atom stereocenters. The quantitative estimate of drug-likeness (QED) is 0.857. The number of anilines is 2. The summed E-state index contributed by atoms with van der Waals surface area (Å²) >= 11 is 0. The van der Waals surface area contributed by atoms with E-state index in [0.717, 1.165) is 0 Å². The van der Waals surface area contributed by atoms with E-state index in [4.69, 9.17) is 0 Å². The maximum absolute atomic E-state index is 13.9. The second-order valence-corrected chi connectivity index (χ2v) is 6.61. The van der Waals surface area contributed by atoms with Crippen LogP contribution < -0.4 is 10.2 Å². The highest BCUT2D eigenvalue weighted by atomic mass is 19.1. The van der Waals surface area contributed by atoms with Gasteiger partial charge in [-0.3, -0.25) is 14.4 Å². The zero-order valence-electron chi connectivity index (χ0n) is 15.2. The van der Waals surface area contributed by atoms with Crippen molar-refractivity contribution in [3.8, 4) is 0 Å². The third-order valence-corrected chi connectivity index (χ3v) is 4.48. The predicted molar refractivity (Wildman–Crippen MR) is 99.5 cm³/mol. The van der Waals surface area contributed by atoms with Crippen molar-refractivity contribution in [2.75, 3.05) is 30.4 Å². The first kappa shape index (κ1) is 19.5. The molecule has 3 rings (SSSR count). The maximum Gasteiger partial charge on any atom is 0.243 e. The lowest BCUT2D eigenvalue weighted by atomic mass is 10.1. The largest absolute Gasteiger partial charge is 0.336 e. The lowest BCUT2D eigenvalue weighted by molar-refractivity contribution is -0.137. The third kappa shape index (κ3) is 4.33. The van der Waals surface area contributed by atoms with E-state index in [0.29, 0.717) is 0 Å². The molecule has 1 aliphatic rings. The minimum Gasteiger partial charge on any atom is -0.336 e. The van der Waals surface area contributed by atoms with Crippen molar-refractivity contribution in [2.45, 2.75) is 6.42 Å². The van der Waals surface area contributed by atoms with Gasteiger partial charge in [0.15, 0.2) is 0 Å². The van der Waals surface area contributed by atoms with E-state index in [9.17, 15) is 23.2 Å². The van der Waals surface area contributed by atoms with Gasteiger partial charge in [-0.2, -0.15) is 0 Å². The number of hydrogen-bond acceptors (Lipinski definition) is 3. The van der Waals surface area contributed by atoms with Crippen molar-refractivity contribution >= 4 is 29.1 Å². The second kappa shape index (κ2) is 8.16. The van der Waals surface area contributed by atoms with Gasteiger partial charge in [0.2, 0.25) is 17.7 Å². The third-order valence-electron chi connectivity index (χ3n) is 4.48. The average Bonchev–Trinajstić information content (AvgIpc) is 3.02. The molecule has 0 radical (unpaired) electrons. The van der Waals surface area contributed by atoms with E-state index in [-0.39, 0.29) is 42.7 Å². The van der Waals surface area contributed by atoms with Gasteiger partial charge in [-0.05, 0) is 30.3 Å². The van der Waals surface area contributed by atoms with Gasteiger partial charge in [0.05, 0.1) is 18.2 Å². The number of rotatable bonds is 5. The van der Waals surface area contributed by atoms with Gasteiger partial charge in [0.1, 0.15) is 11.6 Å². The number of nitrogens with one attached hydrogen (secondary N) is 1. The zero-order valence-corrected chi connectivity index (χ0v) is 15.2. The Morgan fingerprint density at radius 2 is 1.93 bits per heavy atom. The van der Waals surface area contributed by atoms with Crippen LogP contribution in [-0.2, 0) is 14.4 Å². The number of amides is 3. The van der Waals surface area contributed by atoms with Crippen molar-refractivity contribution in [3.05, 3.63) is 60.2 Å². The SMILES string of the molecule is CN(CC(=O)Nc1cccc(F)c1)C(=O)[C@H]1CC(=O)N(c2ccccc2F)C1. The number of benzene rings is 2. The van der Waals surface area contributed by atoms with Gasteiger partial charge in [-0.1, -0.05) is 18.2 Å². The Kier molecular flexibility index (Phi) is 5.67. The summed E-state index contributed by atoms with van der Waals surface area (Å²) < 4.78 is 27.1. The summed E-state index contributed by atoms with van der Waals surface area (Å²) in [5.74, 6) is -2.91. The maximum atomic E-state index is 13.9. The molecule has 146 valence electrons. The summed E-state index contributed by atoms with van der Waals surface area (Å²) in [5, 5.41) is 2.51. The Morgan fingerprint density at radius 1 is 1.18 bits per heavy atom. The van der Waals surface area contributed by atoms with Crippen LogP contribution in [0.15, 0.2) is 48.5 Å². The number of para-hydroxylation sites is 1. The summed E-state index contributed by atoms with van der Waals surface area (Å²) in [6.45, 7) is -0.200. The Labute approximate surface area is 160 Å². The van der Waals surface area contributed by atoms with E-state index >= 15 is 0 Å². The van der Waals surface area contributed by atoms with Crippen LogP contribution in [0.3, 0.4) is 0 Å². The van der Waals surface area contributed by atoms with Crippen molar-refractivity contribution in [3.63, 3.8) is 0 Å². The molecule has 3 amide bonds. The van der Waals surface area contributed by atoms with Crippen LogP contribution in [0.1, 0.15) is 6.42 Å². The van der Waals surface area contributed by atoms with E-state index < -0.39 is 23.5 Å². The fourth-order valence-corrected chi connectivity index (χ4v) is 3.15. The summed E-state index contributed by atoms with van der Waals surface area (Å²) in [6, 6.07) is 11.3. The molecular formula is C20H19F2N3O3. The van der Waals surface area contributed by atoms with Crippen LogP contribution in [0.25, 0.3) is 0 Å². The molecule has 0 aliphatic carbocycles. The normalized spacial score (nSPS) is 16.2. The Morgan fingerprint density at radius 3 is 2.64 bits per heavy atom. The molecule has 2 aromatic carbocycles. The van der Waals surface area contributed by atoms with Crippen LogP contribution in [0.4, 0.5) is 20.2 Å². The molecule has 1 fully saturated rings. The Balaban J connectivity index is 1.60. The number of carbonyl (C=O) groups excluding carboxylic acids is 3. The van der Waals surface area contributed by atoms with Gasteiger partial charge in [-0.15, -0.1) is 0 Å². The molecule has 1 saturated heterocycles. The van der Waals surface area contributed by atoms with E-state index in [1.807, 2.05) is 0 Å². The molecule has 0 aromatic heterocycles. The molecule has 28 heavy (non-hydrogen) atoms. The monoisotopic (exact) mass is 387 g/mol. The first-order valence-corrected chi connectivity index (χ1v) is 8.70. The smallest absolute Gasteiger partial charge is 0.243 e. The van der Waals surface area contributed by atoms with E-state index in [2.05, 4.69) is 5.32 Å². The minimum absolute atomic E-state index is 0.0501. The van der Waals surface area contributed by atoms with Gasteiger partial charge < -0.3 is 15.1 Å². The summed E-state index contributed by atoms with van der Waals surface area (Å²) in [6.07, 6.45) is -0.0526. The van der Waals surface area contributed by atoms with Crippen LogP contribution in [-0.4, -0.2) is 42.8 Å². The van der Waals surface area contributed by atoms with Crippen LogP contribution in [0.2, 0.25) is 0 Å². The summed E-state index contributed by atoms with van der Waals surface area (Å²) in [5.41, 5.74) is 0.418. The first-order chi connectivity index (χ1) is 13.3. The highest BCUT2D eigenvalue weighted by Gasteiger charge is 2.37. The van der Waals surface area contributed by atoms with Gasteiger partial charge in [0, 0.05) is 25.7 Å². The number of nitrogens with zero attached hydrogens (tertiary/aromatic N) is 2. The first-order valence-electron chi connectivity index (χ1n) is 8.70. The molecular weight excluding hydrogens is 368 g/mol. The number of hydrogen-bond donors (Lipinski definition) is 1. The van der Waals surface area contributed by atoms with Crippen molar-refractivity contribution in [1.82, 2.24) is 4.90 Å². The molecule has 8 heteroatoms. The number of halogens is 2. The van der Waals surface area contributed by atoms with Crippen molar-refractivity contribution in [1.29, 1.82) is 0 Å². The predicted octanol–water partition coefficient (Wildman–Crippen LogP) is 2.41. The second-order valence-electron chi connectivity index (χ2n) is 6.61. The van der Waals surface area contributed by atoms with Gasteiger partial charge >= 0.3 is 0 Å².